The maximum Gasteiger partial charge on any atom is 0.410 e. The number of carboxylic acids is 1. The topological polar surface area (TPSA) is 143 Å². The minimum Gasteiger partial charge on any atom is -0.497 e. The molecule has 2 aromatic carbocycles. The highest BCUT2D eigenvalue weighted by Gasteiger charge is 2.22. The van der Waals surface area contributed by atoms with Crippen molar-refractivity contribution in [3.63, 3.8) is 0 Å². The average Bonchev–Trinajstić information content (AvgIpc) is 3.04. The molecule has 0 aliphatic heterocycles. The minimum absolute atomic E-state index is 0.106. The van der Waals surface area contributed by atoms with Crippen molar-refractivity contribution in [3.8, 4) is 45.3 Å². The summed E-state index contributed by atoms with van der Waals surface area (Å²) < 4.78 is 16.6. The number of carbonyl (C=O) groups excluding carboxylic acids is 1. The Balaban J connectivity index is 1.63. The van der Waals surface area contributed by atoms with E-state index in [0.29, 0.717) is 67.4 Å². The van der Waals surface area contributed by atoms with Gasteiger partial charge >= 0.3 is 12.1 Å². The number of aliphatic carboxylic acids is 1. The Kier molecular flexibility index (Phi) is 12.5. The van der Waals surface area contributed by atoms with E-state index in [2.05, 4.69) is 10.3 Å². The molecule has 260 valence electrons. The molecule has 11 nitrogen and oxygen atoms in total. The van der Waals surface area contributed by atoms with E-state index in [9.17, 15) is 14.7 Å². The van der Waals surface area contributed by atoms with Crippen molar-refractivity contribution in [1.29, 1.82) is 0 Å². The fourth-order valence-corrected chi connectivity index (χ4v) is 5.69. The molecule has 2 heterocycles. The number of halogens is 2. The summed E-state index contributed by atoms with van der Waals surface area (Å²) in [5, 5.41) is 22.7. The van der Waals surface area contributed by atoms with Crippen LogP contribution in [-0.4, -0.2) is 76.7 Å². The second-order valence-corrected chi connectivity index (χ2v) is 13.1. The predicted octanol–water partition coefficient (Wildman–Crippen LogP) is 7.09. The molecule has 3 N–H and O–H groups in total. The van der Waals surface area contributed by atoms with Crippen LogP contribution >= 0.6 is 23.2 Å². The number of hydrogen-bond acceptors (Lipinski definition) is 9. The second kappa shape index (κ2) is 16.3. The molecule has 0 bridgehead atoms. The highest BCUT2D eigenvalue weighted by Crippen LogP contribution is 2.42. The lowest BCUT2D eigenvalue weighted by atomic mass is 9.99. The number of rotatable bonds is 13. The summed E-state index contributed by atoms with van der Waals surface area (Å²) in [6.45, 7) is 6.11. The van der Waals surface area contributed by atoms with Gasteiger partial charge in [-0.25, -0.2) is 9.78 Å². The van der Waals surface area contributed by atoms with Gasteiger partial charge in [-0.3, -0.25) is 9.78 Å². The first kappa shape index (κ1) is 37.4. The SMILES string of the molecule is COc1cc(CNC[C@@H](O)CC(=O)O)cc(-c2nccc(-c3cccc(-c4ccc(CN(C)C(=O)OC(C)(C)C)c(OC)n4)c3Cl)c2Cl)c1. The van der Waals surface area contributed by atoms with Crippen molar-refractivity contribution >= 4 is 35.3 Å². The van der Waals surface area contributed by atoms with E-state index in [1.807, 2.05) is 69.3 Å². The summed E-state index contributed by atoms with van der Waals surface area (Å²) in [6.07, 6.45) is -0.181. The lowest BCUT2D eigenvalue weighted by Crippen LogP contribution is -2.33. The number of ether oxygens (including phenoxy) is 3. The maximum atomic E-state index is 12.5. The first-order chi connectivity index (χ1) is 23.2. The van der Waals surface area contributed by atoms with Crippen LogP contribution in [0.4, 0.5) is 4.79 Å². The summed E-state index contributed by atoms with van der Waals surface area (Å²) in [4.78, 5) is 34.1. The zero-order valence-corrected chi connectivity index (χ0v) is 29.7. The number of nitrogens with zero attached hydrogens (tertiary/aromatic N) is 3. The lowest BCUT2D eigenvalue weighted by Gasteiger charge is -2.25. The fraction of sp³-hybridized carbons (Fsp3) is 0.333. The quantitative estimate of drug-likeness (QED) is 0.132. The van der Waals surface area contributed by atoms with Gasteiger partial charge in [-0.15, -0.1) is 0 Å². The molecule has 4 rings (SSSR count). The molecule has 0 saturated carbocycles. The van der Waals surface area contributed by atoms with Crippen molar-refractivity contribution in [2.45, 2.75) is 52.0 Å². The first-order valence-corrected chi connectivity index (χ1v) is 16.2. The van der Waals surface area contributed by atoms with Crippen LogP contribution in [0.25, 0.3) is 33.6 Å². The Labute approximate surface area is 295 Å². The van der Waals surface area contributed by atoms with E-state index in [0.717, 1.165) is 5.56 Å². The number of hydrogen-bond donors (Lipinski definition) is 3. The Morgan fingerprint density at radius 1 is 0.980 bits per heavy atom. The van der Waals surface area contributed by atoms with Gasteiger partial charge in [-0.2, -0.15) is 0 Å². The van der Waals surface area contributed by atoms with Gasteiger partial charge in [0.05, 0.1) is 54.7 Å². The van der Waals surface area contributed by atoms with Crippen molar-refractivity contribution < 1.29 is 34.0 Å². The van der Waals surface area contributed by atoms with Crippen molar-refractivity contribution in [3.05, 3.63) is 82.0 Å². The summed E-state index contributed by atoms with van der Waals surface area (Å²) >= 11 is 14.1. The van der Waals surface area contributed by atoms with Crippen LogP contribution in [-0.2, 0) is 22.6 Å². The summed E-state index contributed by atoms with van der Waals surface area (Å²) in [5.74, 6) is -0.152. The molecule has 0 aliphatic carbocycles. The smallest absolute Gasteiger partial charge is 0.410 e. The van der Waals surface area contributed by atoms with Gasteiger partial charge in [0.15, 0.2) is 0 Å². The summed E-state index contributed by atoms with van der Waals surface area (Å²) in [7, 11) is 4.72. The van der Waals surface area contributed by atoms with Gasteiger partial charge < -0.3 is 34.6 Å². The lowest BCUT2D eigenvalue weighted by molar-refractivity contribution is -0.139. The minimum atomic E-state index is -1.07. The third-order valence-electron chi connectivity index (χ3n) is 7.29. The number of aliphatic hydroxyl groups is 1. The summed E-state index contributed by atoms with van der Waals surface area (Å²) in [5.41, 5.74) is 4.63. The summed E-state index contributed by atoms with van der Waals surface area (Å²) in [6, 6.07) is 16.6. The third kappa shape index (κ3) is 9.82. The number of aliphatic hydroxyl groups excluding tert-OH is 1. The molecule has 1 amide bonds. The van der Waals surface area contributed by atoms with Gasteiger partial charge in [-0.1, -0.05) is 41.4 Å². The van der Waals surface area contributed by atoms with E-state index in [1.54, 1.807) is 26.4 Å². The molecule has 0 aliphatic rings. The zero-order chi connectivity index (χ0) is 35.9. The highest BCUT2D eigenvalue weighted by atomic mass is 35.5. The van der Waals surface area contributed by atoms with E-state index < -0.39 is 23.8 Å². The van der Waals surface area contributed by atoms with E-state index in [-0.39, 0.29) is 19.5 Å². The number of methoxy groups -OCH3 is 2. The Bertz CT molecular complexity index is 1810. The second-order valence-electron chi connectivity index (χ2n) is 12.3. The van der Waals surface area contributed by atoms with Crippen molar-refractivity contribution in [2.24, 2.45) is 0 Å². The maximum absolute atomic E-state index is 12.5. The van der Waals surface area contributed by atoms with E-state index in [1.165, 1.54) is 12.0 Å². The van der Waals surface area contributed by atoms with Crippen LogP contribution in [0.3, 0.4) is 0 Å². The Hall–Kier alpha value is -4.42. The normalized spacial score (nSPS) is 11.9. The van der Waals surface area contributed by atoms with Gasteiger partial charge in [-0.05, 0) is 62.7 Å². The standard InChI is InChI=1S/C36H40Cl2N4O7/c1-36(2,3)49-35(46)42(4)20-22-10-11-29(41-34(22)48-6)28-9-7-8-26(31(28)37)27-12-13-40-33(32(27)38)23-14-21(15-25(16-23)47-5)18-39-19-24(43)17-30(44)45/h7-16,24,39,43H,17-20H2,1-6H3,(H,44,45)/t24-/m0/s1. The number of benzene rings is 2. The van der Waals surface area contributed by atoms with Crippen LogP contribution in [0.2, 0.25) is 10.0 Å². The van der Waals surface area contributed by atoms with Gasteiger partial charge in [0.1, 0.15) is 11.4 Å². The van der Waals surface area contributed by atoms with Gasteiger partial charge in [0, 0.05) is 54.2 Å². The van der Waals surface area contributed by atoms with E-state index >= 15 is 0 Å². The number of carbonyl (C=O) groups is 2. The average molecular weight is 712 g/mol. The zero-order valence-electron chi connectivity index (χ0n) is 28.2. The van der Waals surface area contributed by atoms with Gasteiger partial charge in [0.2, 0.25) is 5.88 Å². The molecule has 13 heteroatoms. The molecule has 0 spiro atoms. The van der Waals surface area contributed by atoms with Crippen LogP contribution < -0.4 is 14.8 Å². The number of amides is 1. The molecule has 0 radical (unpaired) electrons. The Morgan fingerprint density at radius 3 is 2.37 bits per heavy atom. The molecule has 0 unspecified atom stereocenters. The molecule has 49 heavy (non-hydrogen) atoms. The Morgan fingerprint density at radius 2 is 1.69 bits per heavy atom. The fourth-order valence-electron chi connectivity index (χ4n) is 5.04. The number of pyridine rings is 2. The van der Waals surface area contributed by atoms with Gasteiger partial charge in [0.25, 0.3) is 0 Å². The van der Waals surface area contributed by atoms with Crippen molar-refractivity contribution in [1.82, 2.24) is 20.2 Å². The highest BCUT2D eigenvalue weighted by molar-refractivity contribution is 6.39. The van der Waals surface area contributed by atoms with Crippen LogP contribution in [0.1, 0.15) is 38.3 Å². The van der Waals surface area contributed by atoms with Crippen LogP contribution in [0.15, 0.2) is 60.8 Å². The number of carboxylic acid groups (broad SMARTS) is 1. The van der Waals surface area contributed by atoms with Crippen molar-refractivity contribution in [2.75, 3.05) is 27.8 Å². The molecule has 2 aromatic heterocycles. The molecule has 0 saturated heterocycles. The van der Waals surface area contributed by atoms with Crippen LogP contribution in [0.5, 0.6) is 11.6 Å². The molecular weight excluding hydrogens is 671 g/mol. The predicted molar refractivity (Wildman–Crippen MR) is 189 cm³/mol. The number of nitrogens with one attached hydrogen (secondary N) is 1. The monoisotopic (exact) mass is 710 g/mol. The van der Waals surface area contributed by atoms with E-state index in [4.69, 9.17) is 47.5 Å². The number of aromatic nitrogens is 2. The molecule has 0 fully saturated rings. The van der Waals surface area contributed by atoms with Crippen LogP contribution in [0, 0.1) is 0 Å². The first-order valence-electron chi connectivity index (χ1n) is 15.4. The molecule has 1 atom stereocenters. The largest absolute Gasteiger partial charge is 0.497 e. The molecular formula is C36H40Cl2N4O7. The molecule has 4 aromatic rings. The third-order valence-corrected chi connectivity index (χ3v) is 8.08.